The number of hydrogen-bond donors (Lipinski definition) is 1. The first-order valence-electron chi connectivity index (χ1n) is 10.5. The molecule has 0 radical (unpaired) electrons. The van der Waals surface area contributed by atoms with Crippen LogP contribution in [0.15, 0.2) is 72.6 Å². The topological polar surface area (TPSA) is 92.6 Å². The van der Waals surface area contributed by atoms with E-state index in [4.69, 9.17) is 4.74 Å². The van der Waals surface area contributed by atoms with Gasteiger partial charge >= 0.3 is 5.91 Å². The normalized spacial score (nSPS) is 17.5. The summed E-state index contributed by atoms with van der Waals surface area (Å²) in [6.45, 7) is 2.27. The van der Waals surface area contributed by atoms with Crippen molar-refractivity contribution in [2.45, 2.75) is 13.0 Å². The number of benzene rings is 2. The fourth-order valence-electron chi connectivity index (χ4n) is 3.94. The number of halogens is 1. The third-order valence-electron chi connectivity index (χ3n) is 5.43. The molecule has 9 heteroatoms. The largest absolute Gasteiger partial charge is 0.507 e. The Labute approximate surface area is 197 Å². The van der Waals surface area contributed by atoms with Crippen molar-refractivity contribution in [1.29, 1.82) is 0 Å². The average Bonchev–Trinajstić information content (AvgIpc) is 3.37. The minimum atomic E-state index is -0.941. The molecule has 0 bridgehead atoms. The highest BCUT2D eigenvalue weighted by molar-refractivity contribution is 7.22. The van der Waals surface area contributed by atoms with Gasteiger partial charge in [0.05, 0.1) is 28.4 Å². The molecule has 0 aliphatic carbocycles. The van der Waals surface area contributed by atoms with Crippen LogP contribution in [0.25, 0.3) is 16.0 Å². The number of ether oxygens (including phenoxy) is 1. The van der Waals surface area contributed by atoms with E-state index in [1.165, 1.54) is 23.1 Å². The highest BCUT2D eigenvalue weighted by Crippen LogP contribution is 2.44. The lowest BCUT2D eigenvalue weighted by molar-refractivity contribution is -0.132. The van der Waals surface area contributed by atoms with E-state index >= 15 is 0 Å². The van der Waals surface area contributed by atoms with Crippen LogP contribution in [0.2, 0.25) is 0 Å². The van der Waals surface area contributed by atoms with Gasteiger partial charge in [0.1, 0.15) is 17.3 Å². The van der Waals surface area contributed by atoms with E-state index in [-0.39, 0.29) is 16.5 Å². The number of aliphatic hydroxyl groups is 1. The Kier molecular flexibility index (Phi) is 5.54. The Morgan fingerprint density at radius 1 is 1.15 bits per heavy atom. The predicted molar refractivity (Wildman–Crippen MR) is 126 cm³/mol. The number of carbonyl (C=O) groups excluding carboxylic acids is 2. The maximum Gasteiger partial charge on any atom is 0.301 e. The summed E-state index contributed by atoms with van der Waals surface area (Å²) < 4.78 is 19.8. The summed E-state index contributed by atoms with van der Waals surface area (Å²) >= 11 is 1.09. The van der Waals surface area contributed by atoms with E-state index in [2.05, 4.69) is 9.97 Å². The second kappa shape index (κ2) is 8.68. The van der Waals surface area contributed by atoms with Crippen molar-refractivity contribution >= 4 is 44.1 Å². The van der Waals surface area contributed by atoms with Gasteiger partial charge < -0.3 is 9.84 Å². The zero-order chi connectivity index (χ0) is 23.8. The van der Waals surface area contributed by atoms with Crippen LogP contribution >= 0.6 is 11.3 Å². The molecule has 1 unspecified atom stereocenters. The number of ketones is 1. The first kappa shape index (κ1) is 21.7. The van der Waals surface area contributed by atoms with E-state index in [1.54, 1.807) is 48.8 Å². The number of anilines is 1. The Morgan fingerprint density at radius 2 is 1.94 bits per heavy atom. The average molecular weight is 476 g/mol. The van der Waals surface area contributed by atoms with Crippen LogP contribution < -0.4 is 9.64 Å². The van der Waals surface area contributed by atoms with Gasteiger partial charge in [-0.05, 0) is 55.0 Å². The standard InChI is InChI=1S/C25H18FN3O4S/c1-2-33-17-5-3-4-15(12-17)22(30)20-21(14-8-10-27-11-9-14)29(24(32)23(20)31)25-28-18-7-6-16(26)13-19(18)34-25/h3-13,21,30H,2H2,1H3/b22-20+. The maximum atomic E-state index is 13.7. The van der Waals surface area contributed by atoms with Gasteiger partial charge in [0.15, 0.2) is 5.13 Å². The van der Waals surface area contributed by atoms with Crippen LogP contribution in [0.1, 0.15) is 24.1 Å². The molecule has 1 N–H and O–H groups in total. The molecule has 0 spiro atoms. The summed E-state index contributed by atoms with van der Waals surface area (Å²) in [5.74, 6) is -1.90. The maximum absolute atomic E-state index is 13.7. The summed E-state index contributed by atoms with van der Waals surface area (Å²) in [7, 11) is 0. The van der Waals surface area contributed by atoms with Gasteiger partial charge in [0.2, 0.25) is 0 Å². The van der Waals surface area contributed by atoms with Crippen molar-refractivity contribution in [3.8, 4) is 5.75 Å². The van der Waals surface area contributed by atoms with Crippen LogP contribution in [0, 0.1) is 5.82 Å². The minimum Gasteiger partial charge on any atom is -0.507 e. The number of pyridine rings is 1. The van der Waals surface area contributed by atoms with Gasteiger partial charge in [0.25, 0.3) is 5.78 Å². The molecule has 7 nitrogen and oxygen atoms in total. The SMILES string of the molecule is CCOc1cccc(/C(O)=C2\C(=O)C(=O)N(c3nc4ccc(F)cc4s3)C2c2ccncc2)c1. The molecule has 1 aliphatic rings. The van der Waals surface area contributed by atoms with E-state index in [9.17, 15) is 19.1 Å². The minimum absolute atomic E-state index is 0.0738. The van der Waals surface area contributed by atoms with Crippen molar-refractivity contribution in [2.75, 3.05) is 11.5 Å². The number of hydrogen-bond acceptors (Lipinski definition) is 7. The van der Waals surface area contributed by atoms with Crippen molar-refractivity contribution in [3.63, 3.8) is 0 Å². The zero-order valence-electron chi connectivity index (χ0n) is 17.9. The molecule has 2 aromatic heterocycles. The number of carbonyl (C=O) groups is 2. The number of nitrogens with zero attached hydrogens (tertiary/aromatic N) is 3. The Bertz CT molecular complexity index is 1450. The van der Waals surface area contributed by atoms with E-state index < -0.39 is 23.5 Å². The predicted octanol–water partition coefficient (Wildman–Crippen LogP) is 4.86. The molecular weight excluding hydrogens is 457 g/mol. The monoisotopic (exact) mass is 475 g/mol. The molecular formula is C25H18FN3O4S. The fraction of sp³-hybridized carbons (Fsp3) is 0.120. The summed E-state index contributed by atoms with van der Waals surface area (Å²) in [5.41, 5.74) is 1.34. The molecule has 34 heavy (non-hydrogen) atoms. The summed E-state index contributed by atoms with van der Waals surface area (Å²) in [5, 5.41) is 11.4. The molecule has 0 saturated carbocycles. The lowest BCUT2D eigenvalue weighted by Crippen LogP contribution is -2.29. The van der Waals surface area contributed by atoms with E-state index in [0.29, 0.717) is 33.7 Å². The Balaban J connectivity index is 1.70. The van der Waals surface area contributed by atoms with Gasteiger partial charge in [-0.1, -0.05) is 23.5 Å². The number of Topliss-reactive ketones (excluding diaryl/α,β-unsaturated/α-hetero) is 1. The van der Waals surface area contributed by atoms with Gasteiger partial charge in [0, 0.05) is 18.0 Å². The van der Waals surface area contributed by atoms with Crippen molar-refractivity contribution < 1.29 is 23.8 Å². The van der Waals surface area contributed by atoms with Crippen LogP contribution in [-0.4, -0.2) is 33.4 Å². The molecule has 1 saturated heterocycles. The Morgan fingerprint density at radius 3 is 2.71 bits per heavy atom. The van der Waals surface area contributed by atoms with Gasteiger partial charge in [-0.25, -0.2) is 9.37 Å². The first-order valence-corrected chi connectivity index (χ1v) is 11.3. The fourth-order valence-corrected chi connectivity index (χ4v) is 4.95. The number of aromatic nitrogens is 2. The quantitative estimate of drug-likeness (QED) is 0.252. The molecule has 5 rings (SSSR count). The summed E-state index contributed by atoms with van der Waals surface area (Å²) in [4.78, 5) is 36.2. The van der Waals surface area contributed by atoms with Gasteiger partial charge in [-0.3, -0.25) is 19.5 Å². The number of thiazole rings is 1. The van der Waals surface area contributed by atoms with Crippen LogP contribution in [0.3, 0.4) is 0 Å². The number of amides is 1. The van der Waals surface area contributed by atoms with E-state index in [1.807, 2.05) is 6.92 Å². The third-order valence-corrected chi connectivity index (χ3v) is 6.45. The second-order valence-electron chi connectivity index (χ2n) is 7.52. The van der Waals surface area contributed by atoms with Crippen LogP contribution in [-0.2, 0) is 9.59 Å². The lowest BCUT2D eigenvalue weighted by Gasteiger charge is -2.22. The highest BCUT2D eigenvalue weighted by atomic mass is 32.1. The molecule has 1 fully saturated rings. The first-order chi connectivity index (χ1) is 16.5. The number of rotatable bonds is 5. The molecule has 1 aliphatic heterocycles. The zero-order valence-corrected chi connectivity index (χ0v) is 18.8. The van der Waals surface area contributed by atoms with E-state index in [0.717, 1.165) is 11.3 Å². The van der Waals surface area contributed by atoms with Crippen LogP contribution in [0.4, 0.5) is 9.52 Å². The molecule has 2 aromatic carbocycles. The summed E-state index contributed by atoms with van der Waals surface area (Å²) in [6.07, 6.45) is 3.08. The number of aliphatic hydroxyl groups excluding tert-OH is 1. The third kappa shape index (κ3) is 3.69. The van der Waals surface area contributed by atoms with Crippen LogP contribution in [0.5, 0.6) is 5.75 Å². The van der Waals surface area contributed by atoms with Gasteiger partial charge in [-0.2, -0.15) is 0 Å². The molecule has 170 valence electrons. The number of fused-ring (bicyclic) bond motifs is 1. The van der Waals surface area contributed by atoms with Crippen molar-refractivity contribution in [2.24, 2.45) is 0 Å². The summed E-state index contributed by atoms with van der Waals surface area (Å²) in [6, 6.07) is 13.2. The Hall–Kier alpha value is -4.11. The molecule has 1 amide bonds. The molecule has 4 aromatic rings. The van der Waals surface area contributed by atoms with Crippen molar-refractivity contribution in [3.05, 3.63) is 89.5 Å². The van der Waals surface area contributed by atoms with Gasteiger partial charge in [-0.15, -0.1) is 0 Å². The molecule has 1 atom stereocenters. The highest BCUT2D eigenvalue weighted by Gasteiger charge is 2.48. The lowest BCUT2D eigenvalue weighted by atomic mass is 9.96. The molecule has 3 heterocycles. The smallest absolute Gasteiger partial charge is 0.301 e. The van der Waals surface area contributed by atoms with Crippen molar-refractivity contribution in [1.82, 2.24) is 9.97 Å². The second-order valence-corrected chi connectivity index (χ2v) is 8.53.